The molecule has 0 bridgehead atoms. The van der Waals surface area contributed by atoms with Crippen LogP contribution < -0.4 is 0 Å². The largest absolute Gasteiger partial charge is 0.300 e. The molecule has 90 valence electrons. The van der Waals surface area contributed by atoms with Crippen molar-refractivity contribution in [1.29, 1.82) is 0 Å². The van der Waals surface area contributed by atoms with Gasteiger partial charge in [-0.25, -0.2) is 8.42 Å². The smallest absolute Gasteiger partial charge is 0.150 e. The summed E-state index contributed by atoms with van der Waals surface area (Å²) in [6, 6.07) is 0. The SMILES string of the molecule is CCCC(=O)CCCCCS(=O)(=O)CC. The standard InChI is InChI=1S/C11H22O3S/c1-3-8-11(12)9-6-5-7-10-15(13,14)4-2/h3-10H2,1-2H3. The molecular weight excluding hydrogens is 212 g/mol. The van der Waals surface area contributed by atoms with Gasteiger partial charge >= 0.3 is 0 Å². The lowest BCUT2D eigenvalue weighted by molar-refractivity contribution is -0.119. The summed E-state index contributed by atoms with van der Waals surface area (Å²) in [6.45, 7) is 3.66. The molecule has 0 atom stereocenters. The average molecular weight is 234 g/mol. The fourth-order valence-electron chi connectivity index (χ4n) is 1.37. The van der Waals surface area contributed by atoms with Gasteiger partial charge in [0.25, 0.3) is 0 Å². The molecule has 0 heterocycles. The van der Waals surface area contributed by atoms with Crippen LogP contribution in [0.15, 0.2) is 0 Å². The predicted octanol–water partition coefficient (Wildman–Crippen LogP) is 2.35. The van der Waals surface area contributed by atoms with Crippen molar-refractivity contribution in [2.75, 3.05) is 11.5 Å². The summed E-state index contributed by atoms with van der Waals surface area (Å²) in [5.41, 5.74) is 0. The molecule has 0 aromatic carbocycles. The van der Waals surface area contributed by atoms with E-state index in [4.69, 9.17) is 0 Å². The third-order valence-corrected chi connectivity index (χ3v) is 4.17. The highest BCUT2D eigenvalue weighted by Crippen LogP contribution is 2.05. The molecule has 0 radical (unpaired) electrons. The monoisotopic (exact) mass is 234 g/mol. The molecule has 0 saturated carbocycles. The summed E-state index contributed by atoms with van der Waals surface area (Å²) in [7, 11) is -2.82. The zero-order chi connectivity index (χ0) is 11.7. The van der Waals surface area contributed by atoms with Gasteiger partial charge in [-0.2, -0.15) is 0 Å². The maximum Gasteiger partial charge on any atom is 0.150 e. The fourth-order valence-corrected chi connectivity index (χ4v) is 2.30. The van der Waals surface area contributed by atoms with E-state index in [2.05, 4.69) is 0 Å². The minimum absolute atomic E-state index is 0.224. The van der Waals surface area contributed by atoms with Gasteiger partial charge in [-0.3, -0.25) is 4.79 Å². The quantitative estimate of drug-likeness (QED) is 0.575. The van der Waals surface area contributed by atoms with Gasteiger partial charge < -0.3 is 0 Å². The Labute approximate surface area is 93.2 Å². The summed E-state index contributed by atoms with van der Waals surface area (Å²) in [5.74, 6) is 0.795. The molecule has 0 aliphatic heterocycles. The molecule has 3 nitrogen and oxygen atoms in total. The minimum atomic E-state index is -2.82. The molecule has 0 saturated heterocycles. The van der Waals surface area contributed by atoms with Crippen LogP contribution >= 0.6 is 0 Å². The Hall–Kier alpha value is -0.380. The number of hydrogen-bond donors (Lipinski definition) is 0. The molecule has 0 N–H and O–H groups in total. The maximum absolute atomic E-state index is 11.1. The molecule has 0 aromatic heterocycles. The van der Waals surface area contributed by atoms with E-state index >= 15 is 0 Å². The first-order valence-electron chi connectivity index (χ1n) is 5.74. The van der Waals surface area contributed by atoms with Crippen LogP contribution in [-0.2, 0) is 14.6 Å². The summed E-state index contributed by atoms with van der Waals surface area (Å²) in [6.07, 6.45) is 4.54. The average Bonchev–Trinajstić information content (AvgIpc) is 2.17. The van der Waals surface area contributed by atoms with Gasteiger partial charge in [-0.05, 0) is 19.3 Å². The van der Waals surface area contributed by atoms with Gasteiger partial charge in [0.05, 0.1) is 5.75 Å². The second-order valence-corrected chi connectivity index (χ2v) is 6.31. The molecule has 0 spiro atoms. The first-order chi connectivity index (χ1) is 7.02. The molecule has 0 amide bonds. The van der Waals surface area contributed by atoms with Gasteiger partial charge in [0.1, 0.15) is 15.6 Å². The highest BCUT2D eigenvalue weighted by Gasteiger charge is 2.06. The van der Waals surface area contributed by atoms with Crippen molar-refractivity contribution >= 4 is 15.6 Å². The fraction of sp³-hybridized carbons (Fsp3) is 0.909. The van der Waals surface area contributed by atoms with Crippen LogP contribution in [0.4, 0.5) is 0 Å². The second kappa shape index (κ2) is 7.85. The molecule has 0 aliphatic carbocycles. The number of unbranched alkanes of at least 4 members (excludes halogenated alkanes) is 2. The van der Waals surface area contributed by atoms with Gasteiger partial charge in [-0.15, -0.1) is 0 Å². The lowest BCUT2D eigenvalue weighted by Crippen LogP contribution is -2.08. The van der Waals surface area contributed by atoms with E-state index in [9.17, 15) is 13.2 Å². The van der Waals surface area contributed by atoms with E-state index in [1.807, 2.05) is 6.92 Å². The minimum Gasteiger partial charge on any atom is -0.300 e. The van der Waals surface area contributed by atoms with Crippen molar-refractivity contribution in [2.24, 2.45) is 0 Å². The van der Waals surface area contributed by atoms with Crippen molar-refractivity contribution in [2.45, 2.75) is 52.4 Å². The number of rotatable bonds is 9. The van der Waals surface area contributed by atoms with Crippen LogP contribution in [0.2, 0.25) is 0 Å². The number of ketones is 1. The Morgan fingerprint density at radius 3 is 2.20 bits per heavy atom. The number of carbonyl (C=O) groups excluding carboxylic acids is 1. The van der Waals surface area contributed by atoms with E-state index in [0.29, 0.717) is 25.0 Å². The molecule has 0 aliphatic rings. The Morgan fingerprint density at radius 1 is 1.00 bits per heavy atom. The Kier molecular flexibility index (Phi) is 7.65. The van der Waals surface area contributed by atoms with Gasteiger partial charge in [0.15, 0.2) is 0 Å². The zero-order valence-corrected chi connectivity index (χ0v) is 10.6. The Bertz CT molecular complexity index is 268. The number of hydrogen-bond acceptors (Lipinski definition) is 3. The molecule has 0 aromatic rings. The van der Waals surface area contributed by atoms with Crippen molar-refractivity contribution in [3.8, 4) is 0 Å². The van der Waals surface area contributed by atoms with Gasteiger partial charge in [0.2, 0.25) is 0 Å². The van der Waals surface area contributed by atoms with Crippen LogP contribution in [0.25, 0.3) is 0 Å². The Balaban J connectivity index is 3.44. The topological polar surface area (TPSA) is 51.2 Å². The van der Waals surface area contributed by atoms with Gasteiger partial charge in [-0.1, -0.05) is 20.3 Å². The third-order valence-electron chi connectivity index (χ3n) is 2.38. The van der Waals surface area contributed by atoms with Crippen molar-refractivity contribution in [3.05, 3.63) is 0 Å². The lowest BCUT2D eigenvalue weighted by atomic mass is 10.1. The molecule has 0 rings (SSSR count). The summed E-state index contributed by atoms with van der Waals surface area (Å²) in [5, 5.41) is 0. The highest BCUT2D eigenvalue weighted by molar-refractivity contribution is 7.91. The second-order valence-electron chi connectivity index (χ2n) is 3.84. The van der Waals surface area contributed by atoms with E-state index in [0.717, 1.165) is 19.3 Å². The van der Waals surface area contributed by atoms with Crippen LogP contribution in [0.5, 0.6) is 0 Å². The van der Waals surface area contributed by atoms with Crippen molar-refractivity contribution < 1.29 is 13.2 Å². The third kappa shape index (κ3) is 8.60. The van der Waals surface area contributed by atoms with E-state index in [1.54, 1.807) is 6.92 Å². The lowest BCUT2D eigenvalue weighted by Gasteiger charge is -2.01. The highest BCUT2D eigenvalue weighted by atomic mass is 32.2. The first kappa shape index (κ1) is 14.6. The number of sulfone groups is 1. The molecule has 4 heteroatoms. The maximum atomic E-state index is 11.1. The van der Waals surface area contributed by atoms with E-state index in [1.165, 1.54) is 0 Å². The van der Waals surface area contributed by atoms with Crippen LogP contribution in [0.1, 0.15) is 52.4 Å². The molecule has 0 fully saturated rings. The van der Waals surface area contributed by atoms with Crippen LogP contribution in [0, 0.1) is 0 Å². The van der Waals surface area contributed by atoms with E-state index < -0.39 is 9.84 Å². The summed E-state index contributed by atoms with van der Waals surface area (Å²) >= 11 is 0. The zero-order valence-electron chi connectivity index (χ0n) is 9.79. The van der Waals surface area contributed by atoms with Crippen molar-refractivity contribution in [1.82, 2.24) is 0 Å². The number of Topliss-reactive ketones (excluding diaryl/α,β-unsaturated/α-hetero) is 1. The van der Waals surface area contributed by atoms with Crippen molar-refractivity contribution in [3.63, 3.8) is 0 Å². The summed E-state index contributed by atoms with van der Waals surface area (Å²) < 4.78 is 22.3. The molecule has 15 heavy (non-hydrogen) atoms. The first-order valence-corrected chi connectivity index (χ1v) is 7.56. The molecule has 0 unspecified atom stereocenters. The summed E-state index contributed by atoms with van der Waals surface area (Å²) in [4.78, 5) is 11.1. The number of carbonyl (C=O) groups is 1. The predicted molar refractivity (Wildman–Crippen MR) is 62.7 cm³/mol. The van der Waals surface area contributed by atoms with E-state index in [-0.39, 0.29) is 11.5 Å². The van der Waals surface area contributed by atoms with Gasteiger partial charge in [0, 0.05) is 18.6 Å². The normalized spacial score (nSPS) is 11.6. The van der Waals surface area contributed by atoms with Crippen LogP contribution in [-0.4, -0.2) is 25.7 Å². The Morgan fingerprint density at radius 2 is 1.67 bits per heavy atom. The van der Waals surface area contributed by atoms with Crippen LogP contribution in [0.3, 0.4) is 0 Å². The molecular formula is C11H22O3S.